The quantitative estimate of drug-likeness (QED) is 0.422. The van der Waals surface area contributed by atoms with Gasteiger partial charge in [-0.05, 0) is 68.9 Å². The molecule has 2 aromatic carbocycles. The molecule has 0 saturated carbocycles. The van der Waals surface area contributed by atoms with Crippen LogP contribution in [0.5, 0.6) is 5.75 Å². The Morgan fingerprint density at radius 3 is 2.17 bits per heavy atom. The number of rotatable bonds is 13. The minimum absolute atomic E-state index is 0.100. The van der Waals surface area contributed by atoms with Crippen molar-refractivity contribution in [3.63, 3.8) is 0 Å². The molecule has 0 saturated heterocycles. The van der Waals surface area contributed by atoms with Crippen LogP contribution in [0.3, 0.4) is 0 Å². The molecule has 0 heterocycles. The lowest BCUT2D eigenvalue weighted by Gasteiger charge is -2.20. The molecule has 0 aromatic heterocycles. The molecule has 0 fully saturated rings. The van der Waals surface area contributed by atoms with Crippen molar-refractivity contribution in [3.8, 4) is 5.75 Å². The van der Waals surface area contributed by atoms with Gasteiger partial charge in [0.15, 0.2) is 0 Å². The number of likely N-dealkylation sites (N-methyl/N-ethyl adjacent to an activating group) is 3. The molecular weight excluding hydrogens is 478 g/mol. The molecule has 2 rings (SSSR count). The summed E-state index contributed by atoms with van der Waals surface area (Å²) in [5, 5.41) is 5.99. The number of hydrogen-bond donors (Lipinski definition) is 2. The van der Waals surface area contributed by atoms with Crippen LogP contribution in [0.15, 0.2) is 41.3 Å². The van der Waals surface area contributed by atoms with Crippen LogP contribution in [-0.4, -0.2) is 91.6 Å². The average Bonchev–Trinajstić information content (AvgIpc) is 2.82. The van der Waals surface area contributed by atoms with E-state index >= 15 is 0 Å². The van der Waals surface area contributed by atoms with Gasteiger partial charge in [0.2, 0.25) is 11.8 Å². The summed E-state index contributed by atoms with van der Waals surface area (Å²) in [5.74, 6) is 0.119. The second kappa shape index (κ2) is 14.0. The van der Waals surface area contributed by atoms with Crippen LogP contribution in [0.25, 0.3) is 0 Å². The number of hydrogen-bond acceptors (Lipinski definition) is 6. The molecule has 9 nitrogen and oxygen atoms in total. The van der Waals surface area contributed by atoms with Gasteiger partial charge >= 0.3 is 0 Å². The summed E-state index contributed by atoms with van der Waals surface area (Å²) < 4.78 is 19.7. The van der Waals surface area contributed by atoms with E-state index in [0.29, 0.717) is 17.2 Å². The topological polar surface area (TPSA) is 94.2 Å². The molecule has 0 spiro atoms. The van der Waals surface area contributed by atoms with Crippen molar-refractivity contribution in [2.75, 3.05) is 66.8 Å². The average molecular weight is 518 g/mol. The number of amides is 2. The van der Waals surface area contributed by atoms with E-state index in [2.05, 4.69) is 15.5 Å². The van der Waals surface area contributed by atoms with Crippen molar-refractivity contribution < 1.29 is 18.5 Å². The third-order valence-electron chi connectivity index (χ3n) is 5.62. The number of carbonyl (C=O) groups excluding carboxylic acids is 2. The molecule has 198 valence electrons. The van der Waals surface area contributed by atoms with Crippen LogP contribution in [-0.2, 0) is 27.1 Å². The van der Waals surface area contributed by atoms with E-state index in [1.165, 1.54) is 4.31 Å². The first-order valence-corrected chi connectivity index (χ1v) is 12.9. The zero-order chi connectivity index (χ0) is 26.8. The lowest BCUT2D eigenvalue weighted by molar-refractivity contribution is -0.132. The number of methoxy groups -OCH3 is 1. The van der Waals surface area contributed by atoms with Crippen molar-refractivity contribution in [3.05, 3.63) is 53.1 Å². The normalized spacial score (nSPS) is 11.9. The summed E-state index contributed by atoms with van der Waals surface area (Å²) in [6.07, 6.45) is 0. The molecule has 0 bridgehead atoms. The molecule has 0 aliphatic rings. The van der Waals surface area contributed by atoms with Gasteiger partial charge in [-0.2, -0.15) is 0 Å². The van der Waals surface area contributed by atoms with E-state index in [-0.39, 0.29) is 24.9 Å². The van der Waals surface area contributed by atoms with Gasteiger partial charge in [0.25, 0.3) is 0 Å². The molecular formula is C26H39N5O4S. The van der Waals surface area contributed by atoms with Gasteiger partial charge in [-0.3, -0.25) is 9.59 Å². The van der Waals surface area contributed by atoms with Crippen LogP contribution in [0.2, 0.25) is 0 Å². The molecule has 1 unspecified atom stereocenters. The molecule has 2 aromatic rings. The van der Waals surface area contributed by atoms with Crippen LogP contribution in [0.1, 0.15) is 16.7 Å². The monoisotopic (exact) mass is 517 g/mol. The first-order valence-electron chi connectivity index (χ1n) is 11.8. The highest BCUT2D eigenvalue weighted by Crippen LogP contribution is 2.25. The van der Waals surface area contributed by atoms with E-state index in [1.807, 2.05) is 64.3 Å². The Hall–Kier alpha value is -2.95. The zero-order valence-corrected chi connectivity index (χ0v) is 23.2. The number of aryl methyl sites for hydroxylation is 2. The Bertz CT molecular complexity index is 1040. The van der Waals surface area contributed by atoms with E-state index in [0.717, 1.165) is 35.5 Å². The van der Waals surface area contributed by atoms with Crippen molar-refractivity contribution in [2.24, 2.45) is 0 Å². The maximum absolute atomic E-state index is 13.0. The summed E-state index contributed by atoms with van der Waals surface area (Å²) >= 11 is 0. The fourth-order valence-corrected chi connectivity index (χ4v) is 4.81. The maximum Gasteiger partial charge on any atom is 0.242 e. The van der Waals surface area contributed by atoms with Crippen LogP contribution in [0, 0.1) is 13.8 Å². The standard InChI is InChI=1S/C26H39N5O4S/c1-19-14-23(35-7)15-20(2)26(19)36(34)31(6)18-24(32)28-16-25(33)30(5)17-21-8-10-22(11-9-21)27-12-13-29(3)4/h8-11,14-15,27H,12-13,16-18H2,1-7H3,(H,28,32). The molecule has 0 aliphatic carbocycles. The highest BCUT2D eigenvalue weighted by atomic mass is 32.2. The van der Waals surface area contributed by atoms with Gasteiger partial charge < -0.3 is 25.2 Å². The molecule has 10 heteroatoms. The van der Waals surface area contributed by atoms with E-state index in [1.54, 1.807) is 26.1 Å². The largest absolute Gasteiger partial charge is 0.497 e. The van der Waals surface area contributed by atoms with E-state index in [4.69, 9.17) is 4.74 Å². The lowest BCUT2D eigenvalue weighted by Crippen LogP contribution is -2.42. The van der Waals surface area contributed by atoms with E-state index < -0.39 is 11.0 Å². The fraction of sp³-hybridized carbons (Fsp3) is 0.462. The summed E-state index contributed by atoms with van der Waals surface area (Å²) in [5.41, 5.74) is 3.68. The molecule has 2 amide bonds. The van der Waals surface area contributed by atoms with Crippen LogP contribution < -0.4 is 15.4 Å². The van der Waals surface area contributed by atoms with Crippen molar-refractivity contribution in [1.29, 1.82) is 0 Å². The highest BCUT2D eigenvalue weighted by Gasteiger charge is 2.20. The zero-order valence-electron chi connectivity index (χ0n) is 22.4. The smallest absolute Gasteiger partial charge is 0.242 e. The van der Waals surface area contributed by atoms with Crippen LogP contribution >= 0.6 is 0 Å². The van der Waals surface area contributed by atoms with Gasteiger partial charge in [-0.15, -0.1) is 0 Å². The fourth-order valence-electron chi connectivity index (χ4n) is 3.60. The second-order valence-electron chi connectivity index (χ2n) is 9.08. The number of carbonyl (C=O) groups is 2. The third-order valence-corrected chi connectivity index (χ3v) is 7.31. The van der Waals surface area contributed by atoms with Crippen molar-refractivity contribution in [2.45, 2.75) is 25.3 Å². The number of nitrogens with one attached hydrogen (secondary N) is 2. The van der Waals surface area contributed by atoms with Gasteiger partial charge in [0, 0.05) is 39.4 Å². The van der Waals surface area contributed by atoms with Crippen molar-refractivity contribution >= 4 is 28.5 Å². The maximum atomic E-state index is 13.0. The Labute approximate surface area is 217 Å². The number of benzene rings is 2. The highest BCUT2D eigenvalue weighted by molar-refractivity contribution is 7.82. The van der Waals surface area contributed by atoms with Gasteiger partial charge in [-0.25, -0.2) is 8.51 Å². The third kappa shape index (κ3) is 8.92. The summed E-state index contributed by atoms with van der Waals surface area (Å²) in [6, 6.07) is 11.6. The molecule has 0 aliphatic heterocycles. The van der Waals surface area contributed by atoms with Crippen LogP contribution in [0.4, 0.5) is 5.69 Å². The predicted molar refractivity (Wildman–Crippen MR) is 144 cm³/mol. The molecule has 1 atom stereocenters. The number of ether oxygens (including phenoxy) is 1. The van der Waals surface area contributed by atoms with Gasteiger partial charge in [0.05, 0.1) is 25.1 Å². The predicted octanol–water partition coefficient (Wildman–Crippen LogP) is 2.01. The first-order chi connectivity index (χ1) is 17.0. The second-order valence-corrected chi connectivity index (χ2v) is 10.6. The Balaban J connectivity index is 1.82. The van der Waals surface area contributed by atoms with Gasteiger partial charge in [0.1, 0.15) is 16.7 Å². The minimum Gasteiger partial charge on any atom is -0.497 e. The summed E-state index contributed by atoms with van der Waals surface area (Å²) in [7, 11) is 7.44. The molecule has 0 radical (unpaired) electrons. The SMILES string of the molecule is COc1cc(C)c(S(=O)N(C)CC(=O)NCC(=O)N(C)Cc2ccc(NCCN(C)C)cc2)c(C)c1. The minimum atomic E-state index is -1.52. The number of nitrogens with zero attached hydrogens (tertiary/aromatic N) is 3. The lowest BCUT2D eigenvalue weighted by atomic mass is 10.1. The Kier molecular flexibility index (Phi) is 11.4. The van der Waals surface area contributed by atoms with Gasteiger partial charge in [-0.1, -0.05) is 12.1 Å². The summed E-state index contributed by atoms with van der Waals surface area (Å²) in [6.45, 7) is 5.73. The summed E-state index contributed by atoms with van der Waals surface area (Å²) in [4.78, 5) is 29.3. The molecule has 36 heavy (non-hydrogen) atoms. The van der Waals surface area contributed by atoms with E-state index in [9.17, 15) is 13.8 Å². The number of anilines is 1. The molecule has 2 N–H and O–H groups in total. The Morgan fingerprint density at radius 2 is 1.61 bits per heavy atom. The first kappa shape index (κ1) is 29.3. The Morgan fingerprint density at radius 1 is 1.00 bits per heavy atom. The van der Waals surface area contributed by atoms with Crippen molar-refractivity contribution in [1.82, 2.24) is 19.4 Å².